The van der Waals surface area contributed by atoms with E-state index in [4.69, 9.17) is 16.2 Å². The molecule has 3 aromatic heterocycles. The molecule has 5 aromatic rings. The Kier molecular flexibility index (Phi) is 6.99. The van der Waals surface area contributed by atoms with Gasteiger partial charge in [-0.15, -0.1) is 0 Å². The number of ether oxygens (including phenoxy) is 1. The average Bonchev–Trinajstić information content (AvgIpc) is 3.27. The molecule has 2 aromatic carbocycles. The Bertz CT molecular complexity index is 1740. The normalized spacial score (nSPS) is 12.1. The first-order valence-electron chi connectivity index (χ1n) is 11.6. The lowest BCUT2D eigenvalue weighted by atomic mass is 10.1. The standard InChI is InChI=1S/C15H14F3N5O.C11H10F3NO/c1-7-6-23(2)10-4-9(15(16,17)18)11(3-8(7)10)24-12-5-21-14(20)22-13(12)19;1-6-5-15(2)9-4-8(11(12,13)14)10(16)3-7(6)9/h3-6H,1-2H3,(H4,19,20,21,22);3-5,16H,1-2H3. The van der Waals surface area contributed by atoms with Crippen LogP contribution in [0.2, 0.25) is 0 Å². The van der Waals surface area contributed by atoms with Gasteiger partial charge in [-0.3, -0.25) is 0 Å². The van der Waals surface area contributed by atoms with E-state index in [1.54, 1.807) is 49.5 Å². The van der Waals surface area contributed by atoms with Gasteiger partial charge in [0.15, 0.2) is 11.6 Å². The van der Waals surface area contributed by atoms with Crippen LogP contribution in [0.3, 0.4) is 0 Å². The second-order valence-corrected chi connectivity index (χ2v) is 9.17. The number of phenols is 1. The fraction of sp³-hybridized carbons (Fsp3) is 0.231. The lowest BCUT2D eigenvalue weighted by Gasteiger charge is -2.15. The largest absolute Gasteiger partial charge is 0.507 e. The van der Waals surface area contributed by atoms with Gasteiger partial charge < -0.3 is 30.4 Å². The van der Waals surface area contributed by atoms with Crippen LogP contribution in [0.1, 0.15) is 22.3 Å². The minimum atomic E-state index is -4.59. The van der Waals surface area contributed by atoms with Gasteiger partial charge in [-0.1, -0.05) is 0 Å². The molecule has 40 heavy (non-hydrogen) atoms. The number of fused-ring (bicyclic) bond motifs is 2. The molecule has 0 saturated heterocycles. The van der Waals surface area contributed by atoms with Gasteiger partial charge in [0.1, 0.15) is 17.1 Å². The summed E-state index contributed by atoms with van der Waals surface area (Å²) in [5, 5.41) is 10.6. The number of halogens is 6. The number of phenolic OH excluding ortho intramolecular Hbond substituents is 1. The van der Waals surface area contributed by atoms with Crippen molar-refractivity contribution in [3.63, 3.8) is 0 Å². The van der Waals surface area contributed by atoms with E-state index in [2.05, 4.69) is 9.97 Å². The van der Waals surface area contributed by atoms with Crippen molar-refractivity contribution in [2.24, 2.45) is 14.1 Å². The van der Waals surface area contributed by atoms with Gasteiger partial charge in [0.25, 0.3) is 0 Å². The quantitative estimate of drug-likeness (QED) is 0.211. The molecule has 0 radical (unpaired) electrons. The lowest BCUT2D eigenvalue weighted by Crippen LogP contribution is -2.09. The molecule has 0 amide bonds. The van der Waals surface area contributed by atoms with E-state index in [9.17, 15) is 31.4 Å². The maximum Gasteiger partial charge on any atom is 0.420 e. The highest BCUT2D eigenvalue weighted by molar-refractivity contribution is 5.87. The molecule has 0 bridgehead atoms. The summed E-state index contributed by atoms with van der Waals surface area (Å²) in [6.45, 7) is 3.59. The lowest BCUT2D eigenvalue weighted by molar-refractivity contribution is -0.139. The molecule has 0 aliphatic carbocycles. The number of hydrogen-bond acceptors (Lipinski definition) is 6. The summed E-state index contributed by atoms with van der Waals surface area (Å²) >= 11 is 0. The molecular weight excluding hydrogens is 542 g/mol. The third-order valence-electron chi connectivity index (χ3n) is 6.23. The van der Waals surface area contributed by atoms with Crippen LogP contribution in [0.25, 0.3) is 21.8 Å². The molecule has 0 atom stereocenters. The monoisotopic (exact) mass is 566 g/mol. The van der Waals surface area contributed by atoms with Crippen molar-refractivity contribution >= 4 is 33.6 Å². The highest BCUT2D eigenvalue weighted by atomic mass is 19.4. The highest BCUT2D eigenvalue weighted by Crippen LogP contribution is 2.42. The molecule has 3 heterocycles. The number of rotatable bonds is 2. The molecule has 0 unspecified atom stereocenters. The van der Waals surface area contributed by atoms with Crippen LogP contribution < -0.4 is 16.2 Å². The second-order valence-electron chi connectivity index (χ2n) is 9.17. The number of alkyl halides is 6. The Morgan fingerprint density at radius 1 is 0.775 bits per heavy atom. The predicted molar refractivity (Wildman–Crippen MR) is 138 cm³/mol. The highest BCUT2D eigenvalue weighted by Gasteiger charge is 2.36. The molecule has 5 N–H and O–H groups in total. The van der Waals surface area contributed by atoms with Gasteiger partial charge in [0, 0.05) is 48.3 Å². The predicted octanol–water partition coefficient (Wildman–Crippen LogP) is 6.46. The van der Waals surface area contributed by atoms with Crippen molar-refractivity contribution in [1.29, 1.82) is 0 Å². The van der Waals surface area contributed by atoms with Gasteiger partial charge in [0.2, 0.25) is 5.95 Å². The molecule has 0 spiro atoms. The third-order valence-corrected chi connectivity index (χ3v) is 6.23. The van der Waals surface area contributed by atoms with E-state index in [-0.39, 0.29) is 23.3 Å². The smallest absolute Gasteiger partial charge is 0.420 e. The number of aromatic nitrogens is 4. The summed E-state index contributed by atoms with van der Waals surface area (Å²) in [6.07, 6.45) is -4.51. The maximum absolute atomic E-state index is 13.4. The third kappa shape index (κ3) is 5.42. The van der Waals surface area contributed by atoms with Crippen LogP contribution in [-0.4, -0.2) is 24.2 Å². The number of hydrogen-bond donors (Lipinski definition) is 3. The van der Waals surface area contributed by atoms with Crippen molar-refractivity contribution in [3.05, 3.63) is 65.1 Å². The number of anilines is 2. The van der Waals surface area contributed by atoms with Crippen molar-refractivity contribution in [1.82, 2.24) is 19.1 Å². The fourth-order valence-electron chi connectivity index (χ4n) is 4.35. The summed E-state index contributed by atoms with van der Waals surface area (Å²) in [5.41, 5.74) is 11.7. The first-order valence-corrected chi connectivity index (χ1v) is 11.6. The Hall–Kier alpha value is -4.62. The van der Waals surface area contributed by atoms with E-state index < -0.39 is 29.2 Å². The zero-order chi connectivity index (χ0) is 29.7. The average molecular weight is 567 g/mol. The Morgan fingerprint density at radius 3 is 1.77 bits per heavy atom. The molecule has 0 fully saturated rings. The Balaban J connectivity index is 0.000000201. The summed E-state index contributed by atoms with van der Waals surface area (Å²) in [7, 11) is 3.36. The number of benzene rings is 2. The molecule has 8 nitrogen and oxygen atoms in total. The number of aromatic hydroxyl groups is 1. The van der Waals surface area contributed by atoms with Gasteiger partial charge >= 0.3 is 12.4 Å². The zero-order valence-electron chi connectivity index (χ0n) is 21.6. The zero-order valence-corrected chi connectivity index (χ0v) is 21.6. The van der Waals surface area contributed by atoms with Crippen LogP contribution in [0.4, 0.5) is 38.1 Å². The minimum Gasteiger partial charge on any atom is -0.507 e. The van der Waals surface area contributed by atoms with Crippen LogP contribution in [-0.2, 0) is 26.4 Å². The van der Waals surface area contributed by atoms with Gasteiger partial charge in [-0.25, -0.2) is 4.98 Å². The van der Waals surface area contributed by atoms with E-state index in [1.165, 1.54) is 6.07 Å². The number of nitrogens with two attached hydrogens (primary N) is 2. The second kappa shape index (κ2) is 9.84. The first kappa shape index (κ1) is 28.4. The van der Waals surface area contributed by atoms with Crippen molar-refractivity contribution in [3.8, 4) is 17.2 Å². The van der Waals surface area contributed by atoms with E-state index in [1.807, 2.05) is 0 Å². The van der Waals surface area contributed by atoms with E-state index in [0.717, 1.165) is 35.5 Å². The Labute approximate surface area is 223 Å². The van der Waals surface area contributed by atoms with Crippen LogP contribution in [0, 0.1) is 13.8 Å². The number of aryl methyl sites for hydroxylation is 4. The minimum absolute atomic E-state index is 0.0924. The van der Waals surface area contributed by atoms with Crippen molar-refractivity contribution in [2.45, 2.75) is 26.2 Å². The topological polar surface area (TPSA) is 117 Å². The van der Waals surface area contributed by atoms with E-state index >= 15 is 0 Å². The molecular formula is C26H24F6N6O2. The molecule has 212 valence electrons. The first-order chi connectivity index (χ1) is 18.5. The summed E-state index contributed by atoms with van der Waals surface area (Å²) in [6, 6.07) is 4.51. The molecule has 0 aliphatic rings. The molecule has 0 saturated carbocycles. The summed E-state index contributed by atoms with van der Waals surface area (Å²) in [4.78, 5) is 7.37. The Morgan fingerprint density at radius 2 is 1.27 bits per heavy atom. The van der Waals surface area contributed by atoms with E-state index in [0.29, 0.717) is 21.8 Å². The maximum atomic E-state index is 13.4. The van der Waals surface area contributed by atoms with Crippen molar-refractivity contribution < 1.29 is 36.2 Å². The SMILES string of the molecule is Cc1cn(C)c2cc(C(F)(F)F)c(O)cc12.Cc1cn(C)c2cc(C(F)(F)F)c(Oc3cnc(N)nc3N)cc12. The fourth-order valence-corrected chi connectivity index (χ4v) is 4.35. The summed E-state index contributed by atoms with van der Waals surface area (Å²) < 4.78 is 86.5. The molecule has 5 rings (SSSR count). The van der Waals surface area contributed by atoms with Gasteiger partial charge in [0.05, 0.1) is 11.8 Å². The summed E-state index contributed by atoms with van der Waals surface area (Å²) in [5.74, 6) is -1.42. The van der Waals surface area contributed by atoms with Crippen LogP contribution in [0.5, 0.6) is 17.2 Å². The number of nitrogen functional groups attached to an aromatic ring is 2. The van der Waals surface area contributed by atoms with Gasteiger partial charge in [-0.2, -0.15) is 31.3 Å². The van der Waals surface area contributed by atoms with Crippen molar-refractivity contribution in [2.75, 3.05) is 11.5 Å². The van der Waals surface area contributed by atoms with Gasteiger partial charge in [-0.05, 0) is 49.2 Å². The van der Waals surface area contributed by atoms with Crippen LogP contribution >= 0.6 is 0 Å². The molecule has 0 aliphatic heterocycles. The number of nitrogens with zero attached hydrogens (tertiary/aromatic N) is 4. The van der Waals surface area contributed by atoms with Crippen LogP contribution in [0.15, 0.2) is 42.9 Å². The molecule has 14 heteroatoms.